The fourth-order valence-corrected chi connectivity index (χ4v) is 3.16. The zero-order valence-electron chi connectivity index (χ0n) is 13.2. The van der Waals surface area contributed by atoms with E-state index in [1.54, 1.807) is 0 Å². The van der Waals surface area contributed by atoms with Gasteiger partial charge in [-0.2, -0.15) is 0 Å². The molecule has 0 aromatic heterocycles. The lowest BCUT2D eigenvalue weighted by atomic mass is 9.84. The minimum atomic E-state index is -0.175. The van der Waals surface area contributed by atoms with Gasteiger partial charge in [0, 0.05) is 12.6 Å². The van der Waals surface area contributed by atoms with Crippen molar-refractivity contribution in [3.05, 3.63) is 35.4 Å². The van der Waals surface area contributed by atoms with Crippen molar-refractivity contribution in [3.8, 4) is 0 Å². The summed E-state index contributed by atoms with van der Waals surface area (Å²) in [4.78, 5) is 11.5. The highest BCUT2D eigenvalue weighted by atomic mass is 16.5. The Labute approximate surface area is 128 Å². The monoisotopic (exact) mass is 289 g/mol. The second kappa shape index (κ2) is 8.18. The van der Waals surface area contributed by atoms with Crippen LogP contribution in [0.2, 0.25) is 0 Å². The lowest BCUT2D eigenvalue weighted by Crippen LogP contribution is -2.33. The molecule has 3 nitrogen and oxygen atoms in total. The number of hydrogen-bond donors (Lipinski definition) is 1. The minimum Gasteiger partial charge on any atom is -0.469 e. The first-order valence-electron chi connectivity index (χ1n) is 8.10. The van der Waals surface area contributed by atoms with E-state index >= 15 is 0 Å². The van der Waals surface area contributed by atoms with Crippen LogP contribution in [0.25, 0.3) is 0 Å². The number of benzene rings is 1. The van der Waals surface area contributed by atoms with Crippen molar-refractivity contribution >= 4 is 5.97 Å². The molecule has 0 radical (unpaired) electrons. The van der Waals surface area contributed by atoms with Crippen LogP contribution >= 0.6 is 0 Å². The predicted octanol–water partition coefficient (Wildman–Crippen LogP) is 3.46. The maximum absolute atomic E-state index is 11.5. The molecule has 1 aromatic rings. The first-order valence-corrected chi connectivity index (χ1v) is 8.10. The van der Waals surface area contributed by atoms with E-state index in [0.29, 0.717) is 12.5 Å². The zero-order valence-corrected chi connectivity index (χ0v) is 13.2. The van der Waals surface area contributed by atoms with Crippen LogP contribution in [0.3, 0.4) is 0 Å². The van der Waals surface area contributed by atoms with E-state index in [2.05, 4.69) is 18.3 Å². The van der Waals surface area contributed by atoms with Gasteiger partial charge in [0.2, 0.25) is 0 Å². The third kappa shape index (κ3) is 4.85. The minimum absolute atomic E-state index is 0.175. The van der Waals surface area contributed by atoms with E-state index in [4.69, 9.17) is 4.74 Å². The summed E-state index contributed by atoms with van der Waals surface area (Å²) in [5, 5.41) is 3.66. The van der Waals surface area contributed by atoms with Crippen LogP contribution in [0.5, 0.6) is 0 Å². The van der Waals surface area contributed by atoms with Crippen molar-refractivity contribution in [2.75, 3.05) is 7.11 Å². The van der Waals surface area contributed by atoms with E-state index in [1.807, 2.05) is 18.2 Å². The van der Waals surface area contributed by atoms with Crippen molar-refractivity contribution in [1.82, 2.24) is 5.32 Å². The maximum atomic E-state index is 11.5. The molecule has 116 valence electrons. The smallest absolute Gasteiger partial charge is 0.309 e. The van der Waals surface area contributed by atoms with Gasteiger partial charge >= 0.3 is 5.97 Å². The molecule has 0 saturated heterocycles. The van der Waals surface area contributed by atoms with Crippen LogP contribution in [0.15, 0.2) is 24.3 Å². The summed E-state index contributed by atoms with van der Waals surface area (Å²) in [5.74, 6) is 0.751. The Balaban J connectivity index is 1.87. The lowest BCUT2D eigenvalue weighted by Gasteiger charge is -2.28. The average Bonchev–Trinajstić information content (AvgIpc) is 2.54. The third-order valence-electron chi connectivity index (χ3n) is 4.69. The van der Waals surface area contributed by atoms with Crippen LogP contribution < -0.4 is 5.32 Å². The van der Waals surface area contributed by atoms with Crippen LogP contribution in [0, 0.1) is 5.92 Å². The molecule has 1 aliphatic rings. The van der Waals surface area contributed by atoms with Crippen LogP contribution in [-0.2, 0) is 22.5 Å². The zero-order chi connectivity index (χ0) is 15.1. The van der Waals surface area contributed by atoms with Crippen molar-refractivity contribution in [1.29, 1.82) is 0 Å². The first kappa shape index (κ1) is 16.0. The largest absolute Gasteiger partial charge is 0.469 e. The fourth-order valence-electron chi connectivity index (χ4n) is 3.16. The van der Waals surface area contributed by atoms with Gasteiger partial charge in [-0.1, -0.05) is 37.6 Å². The number of carbonyl (C=O) groups excluding carboxylic acids is 1. The molecule has 1 aromatic carbocycles. The van der Waals surface area contributed by atoms with Gasteiger partial charge in [-0.3, -0.25) is 4.79 Å². The molecule has 1 saturated carbocycles. The van der Waals surface area contributed by atoms with Crippen LogP contribution in [0.4, 0.5) is 0 Å². The van der Waals surface area contributed by atoms with E-state index in [-0.39, 0.29) is 5.97 Å². The van der Waals surface area contributed by atoms with E-state index in [1.165, 1.54) is 44.8 Å². The van der Waals surface area contributed by atoms with Gasteiger partial charge in [-0.15, -0.1) is 0 Å². The van der Waals surface area contributed by atoms with E-state index in [9.17, 15) is 4.79 Å². The van der Waals surface area contributed by atoms with E-state index in [0.717, 1.165) is 18.0 Å². The Morgan fingerprint density at radius 2 is 1.86 bits per heavy atom. The Morgan fingerprint density at radius 1 is 1.19 bits per heavy atom. The van der Waals surface area contributed by atoms with Crippen molar-refractivity contribution in [2.24, 2.45) is 5.92 Å². The highest BCUT2D eigenvalue weighted by Crippen LogP contribution is 2.26. The van der Waals surface area contributed by atoms with Crippen molar-refractivity contribution in [3.63, 3.8) is 0 Å². The standard InChI is InChI=1S/C18H27NO2/c1-3-14-8-10-17(11-9-14)19-13-16-7-5-4-6-15(16)12-18(20)21-2/h4-7,14,17,19H,3,8-13H2,1-2H3. The van der Waals surface area contributed by atoms with Gasteiger partial charge in [0.25, 0.3) is 0 Å². The summed E-state index contributed by atoms with van der Waals surface area (Å²) in [6.07, 6.45) is 6.91. The number of ether oxygens (including phenoxy) is 1. The number of hydrogen-bond acceptors (Lipinski definition) is 3. The number of rotatable bonds is 6. The van der Waals surface area contributed by atoms with Crippen LogP contribution in [0.1, 0.15) is 50.2 Å². The first-order chi connectivity index (χ1) is 10.2. The van der Waals surface area contributed by atoms with E-state index < -0.39 is 0 Å². The number of methoxy groups -OCH3 is 1. The molecular formula is C18H27NO2. The van der Waals surface area contributed by atoms with Gasteiger partial charge in [0.15, 0.2) is 0 Å². The Morgan fingerprint density at radius 3 is 2.48 bits per heavy atom. The molecule has 21 heavy (non-hydrogen) atoms. The second-order valence-corrected chi connectivity index (χ2v) is 6.03. The number of carbonyl (C=O) groups is 1. The van der Waals surface area contributed by atoms with Gasteiger partial charge in [0.1, 0.15) is 0 Å². The normalized spacial score (nSPS) is 22.0. The summed E-state index contributed by atoms with van der Waals surface area (Å²) in [6, 6.07) is 8.75. The third-order valence-corrected chi connectivity index (χ3v) is 4.69. The fraction of sp³-hybridized carbons (Fsp3) is 0.611. The lowest BCUT2D eigenvalue weighted by molar-refractivity contribution is -0.139. The predicted molar refractivity (Wildman–Crippen MR) is 85.0 cm³/mol. The number of nitrogens with one attached hydrogen (secondary N) is 1. The molecule has 0 spiro atoms. The number of esters is 1. The highest BCUT2D eigenvalue weighted by molar-refractivity contribution is 5.72. The molecule has 3 heteroatoms. The molecule has 0 heterocycles. The molecule has 0 unspecified atom stereocenters. The summed E-state index contributed by atoms with van der Waals surface area (Å²) in [5.41, 5.74) is 2.28. The molecule has 0 atom stereocenters. The van der Waals surface area contributed by atoms with Crippen LogP contribution in [-0.4, -0.2) is 19.1 Å². The molecule has 0 aliphatic heterocycles. The summed E-state index contributed by atoms with van der Waals surface area (Å²) in [6.45, 7) is 3.14. The molecule has 1 fully saturated rings. The van der Waals surface area contributed by atoms with Gasteiger partial charge < -0.3 is 10.1 Å². The summed E-state index contributed by atoms with van der Waals surface area (Å²) >= 11 is 0. The SMILES string of the molecule is CCC1CCC(NCc2ccccc2CC(=O)OC)CC1. The van der Waals surface area contributed by atoms with Crippen molar-refractivity contribution < 1.29 is 9.53 Å². The Bertz CT molecular complexity index is 450. The Kier molecular flexibility index (Phi) is 6.24. The van der Waals surface area contributed by atoms with Gasteiger partial charge in [0.05, 0.1) is 13.5 Å². The Hall–Kier alpha value is -1.35. The summed E-state index contributed by atoms with van der Waals surface area (Å²) < 4.78 is 4.77. The quantitative estimate of drug-likeness (QED) is 0.815. The van der Waals surface area contributed by atoms with Gasteiger partial charge in [-0.05, 0) is 42.7 Å². The second-order valence-electron chi connectivity index (χ2n) is 6.03. The molecular weight excluding hydrogens is 262 g/mol. The molecule has 2 rings (SSSR count). The average molecular weight is 289 g/mol. The highest BCUT2D eigenvalue weighted by Gasteiger charge is 2.19. The van der Waals surface area contributed by atoms with Crippen molar-refractivity contribution in [2.45, 2.75) is 58.0 Å². The molecule has 0 bridgehead atoms. The summed E-state index contributed by atoms with van der Waals surface area (Å²) in [7, 11) is 1.44. The topological polar surface area (TPSA) is 38.3 Å². The molecule has 0 amide bonds. The van der Waals surface area contributed by atoms with Gasteiger partial charge in [-0.25, -0.2) is 0 Å². The molecule has 1 N–H and O–H groups in total. The maximum Gasteiger partial charge on any atom is 0.309 e. The molecule has 1 aliphatic carbocycles.